The molecule has 3 amide bonds. The Kier molecular flexibility index (Phi) is 4.49. The molecule has 1 fully saturated rings. The van der Waals surface area contributed by atoms with Gasteiger partial charge in [0.2, 0.25) is 5.91 Å². The van der Waals surface area contributed by atoms with Gasteiger partial charge in [-0.15, -0.1) is 0 Å². The lowest BCUT2D eigenvalue weighted by atomic mass is 10.1. The molecular formula is C12H15BrN4O2. The summed E-state index contributed by atoms with van der Waals surface area (Å²) in [6, 6.07) is 1.34. The Morgan fingerprint density at radius 2 is 2.32 bits per heavy atom. The first-order valence-corrected chi connectivity index (χ1v) is 6.79. The fourth-order valence-electron chi connectivity index (χ4n) is 2.36. The molecule has 0 bridgehead atoms. The standard InChI is InChI=1S/C12H15BrN4O2/c13-9-4-8(5-15-6-9)10-2-1-3-17(10)7-11(18)16-12(14)19/h4-6,10H,1-3,7H2,(H3,14,16,18,19). The Morgan fingerprint density at radius 3 is 3.00 bits per heavy atom. The molecule has 1 saturated heterocycles. The van der Waals surface area contributed by atoms with Gasteiger partial charge < -0.3 is 5.73 Å². The Morgan fingerprint density at radius 1 is 1.53 bits per heavy atom. The van der Waals surface area contributed by atoms with Gasteiger partial charge in [-0.3, -0.25) is 20.0 Å². The van der Waals surface area contributed by atoms with Crippen molar-refractivity contribution < 1.29 is 9.59 Å². The molecule has 0 aromatic carbocycles. The Balaban J connectivity index is 2.05. The highest BCUT2D eigenvalue weighted by atomic mass is 79.9. The van der Waals surface area contributed by atoms with E-state index in [4.69, 9.17) is 5.73 Å². The fourth-order valence-corrected chi connectivity index (χ4v) is 2.75. The summed E-state index contributed by atoms with van der Waals surface area (Å²) in [7, 11) is 0. The lowest BCUT2D eigenvalue weighted by Crippen LogP contribution is -2.42. The van der Waals surface area contributed by atoms with E-state index < -0.39 is 6.03 Å². The van der Waals surface area contributed by atoms with Crippen LogP contribution in [0.1, 0.15) is 24.4 Å². The van der Waals surface area contributed by atoms with E-state index in [0.29, 0.717) is 0 Å². The fraction of sp³-hybridized carbons (Fsp3) is 0.417. The van der Waals surface area contributed by atoms with E-state index in [1.807, 2.05) is 11.0 Å². The maximum Gasteiger partial charge on any atom is 0.318 e. The average Bonchev–Trinajstić information content (AvgIpc) is 2.75. The molecule has 1 atom stereocenters. The van der Waals surface area contributed by atoms with Gasteiger partial charge in [-0.25, -0.2) is 4.79 Å². The first-order valence-electron chi connectivity index (χ1n) is 6.00. The van der Waals surface area contributed by atoms with Crippen LogP contribution >= 0.6 is 15.9 Å². The van der Waals surface area contributed by atoms with Crippen molar-refractivity contribution in [3.8, 4) is 0 Å². The summed E-state index contributed by atoms with van der Waals surface area (Å²) in [4.78, 5) is 28.4. The van der Waals surface area contributed by atoms with E-state index in [1.54, 1.807) is 12.4 Å². The molecule has 7 heteroatoms. The summed E-state index contributed by atoms with van der Waals surface area (Å²) in [5.74, 6) is -0.373. The van der Waals surface area contributed by atoms with Crippen LogP contribution in [-0.4, -0.2) is 34.9 Å². The number of hydrogen-bond acceptors (Lipinski definition) is 4. The second-order valence-electron chi connectivity index (χ2n) is 4.48. The Hall–Kier alpha value is -1.47. The minimum atomic E-state index is -0.815. The predicted molar refractivity (Wildman–Crippen MR) is 73.2 cm³/mol. The highest BCUT2D eigenvalue weighted by Crippen LogP contribution is 2.32. The number of carbonyl (C=O) groups is 2. The lowest BCUT2D eigenvalue weighted by molar-refractivity contribution is -0.121. The summed E-state index contributed by atoms with van der Waals surface area (Å²) in [6.07, 6.45) is 5.52. The summed E-state index contributed by atoms with van der Waals surface area (Å²) in [5, 5.41) is 2.09. The van der Waals surface area contributed by atoms with Crippen molar-refractivity contribution in [2.24, 2.45) is 5.73 Å². The molecule has 1 aromatic rings. The van der Waals surface area contributed by atoms with Crippen molar-refractivity contribution in [1.82, 2.24) is 15.2 Å². The molecule has 6 nitrogen and oxygen atoms in total. The molecule has 2 rings (SSSR count). The number of carbonyl (C=O) groups excluding carboxylic acids is 2. The molecular weight excluding hydrogens is 312 g/mol. The highest BCUT2D eigenvalue weighted by molar-refractivity contribution is 9.10. The number of pyridine rings is 1. The summed E-state index contributed by atoms with van der Waals surface area (Å²) in [6.45, 7) is 0.990. The van der Waals surface area contributed by atoms with Gasteiger partial charge in [0.05, 0.1) is 6.54 Å². The maximum atomic E-state index is 11.6. The van der Waals surface area contributed by atoms with Gasteiger partial charge in [0.1, 0.15) is 0 Å². The number of likely N-dealkylation sites (tertiary alicyclic amines) is 1. The van der Waals surface area contributed by atoms with Gasteiger partial charge in [-0.05, 0) is 46.9 Å². The van der Waals surface area contributed by atoms with Gasteiger partial charge in [-0.2, -0.15) is 0 Å². The van der Waals surface area contributed by atoms with Crippen LogP contribution in [-0.2, 0) is 4.79 Å². The number of primary amides is 1. The average molecular weight is 327 g/mol. The van der Waals surface area contributed by atoms with Crippen molar-refractivity contribution >= 4 is 27.9 Å². The van der Waals surface area contributed by atoms with Crippen LogP contribution in [0, 0.1) is 0 Å². The minimum Gasteiger partial charge on any atom is -0.351 e. The number of nitrogens with zero attached hydrogens (tertiary/aromatic N) is 2. The molecule has 1 aliphatic heterocycles. The number of hydrogen-bond donors (Lipinski definition) is 2. The SMILES string of the molecule is NC(=O)NC(=O)CN1CCCC1c1cncc(Br)c1. The van der Waals surface area contributed by atoms with Crippen molar-refractivity contribution in [2.45, 2.75) is 18.9 Å². The smallest absolute Gasteiger partial charge is 0.318 e. The van der Waals surface area contributed by atoms with E-state index >= 15 is 0 Å². The number of halogens is 1. The third kappa shape index (κ3) is 3.74. The molecule has 1 unspecified atom stereocenters. The second-order valence-corrected chi connectivity index (χ2v) is 5.39. The van der Waals surface area contributed by atoms with Crippen molar-refractivity contribution in [2.75, 3.05) is 13.1 Å². The van der Waals surface area contributed by atoms with E-state index in [9.17, 15) is 9.59 Å². The van der Waals surface area contributed by atoms with Crippen molar-refractivity contribution in [1.29, 1.82) is 0 Å². The van der Waals surface area contributed by atoms with Gasteiger partial charge >= 0.3 is 6.03 Å². The number of aromatic nitrogens is 1. The monoisotopic (exact) mass is 326 g/mol. The zero-order valence-corrected chi connectivity index (χ0v) is 11.9. The van der Waals surface area contributed by atoms with Gasteiger partial charge in [0.15, 0.2) is 0 Å². The van der Waals surface area contributed by atoms with Crippen LogP contribution in [0.4, 0.5) is 4.79 Å². The molecule has 102 valence electrons. The van der Waals surface area contributed by atoms with Crippen LogP contribution in [0.5, 0.6) is 0 Å². The number of rotatable bonds is 3. The number of nitrogens with two attached hydrogens (primary N) is 1. The summed E-state index contributed by atoms with van der Waals surface area (Å²) >= 11 is 3.39. The molecule has 1 aliphatic rings. The van der Waals surface area contributed by atoms with Crippen molar-refractivity contribution in [3.63, 3.8) is 0 Å². The zero-order chi connectivity index (χ0) is 13.8. The largest absolute Gasteiger partial charge is 0.351 e. The van der Waals surface area contributed by atoms with Gasteiger partial charge in [0.25, 0.3) is 0 Å². The van der Waals surface area contributed by atoms with E-state index in [-0.39, 0.29) is 18.5 Å². The molecule has 1 aromatic heterocycles. The number of imide groups is 1. The van der Waals surface area contributed by atoms with Crippen LogP contribution in [0.15, 0.2) is 22.9 Å². The third-order valence-electron chi connectivity index (χ3n) is 3.08. The van der Waals surface area contributed by atoms with Crippen LogP contribution in [0.25, 0.3) is 0 Å². The first-order chi connectivity index (χ1) is 9.06. The Labute approximate surface area is 119 Å². The molecule has 0 radical (unpaired) electrons. The van der Waals surface area contributed by atoms with E-state index in [2.05, 4.69) is 26.2 Å². The minimum absolute atomic E-state index is 0.156. The number of nitrogens with one attached hydrogen (secondary N) is 1. The number of amides is 3. The topological polar surface area (TPSA) is 88.3 Å². The first kappa shape index (κ1) is 14.0. The van der Waals surface area contributed by atoms with Crippen LogP contribution in [0.2, 0.25) is 0 Å². The molecule has 0 aliphatic carbocycles. The molecule has 19 heavy (non-hydrogen) atoms. The summed E-state index contributed by atoms with van der Waals surface area (Å²) in [5.41, 5.74) is 6.00. The van der Waals surface area contributed by atoms with Crippen molar-refractivity contribution in [3.05, 3.63) is 28.5 Å². The van der Waals surface area contributed by atoms with Crippen LogP contribution in [0.3, 0.4) is 0 Å². The quantitative estimate of drug-likeness (QED) is 0.872. The Bertz CT molecular complexity index is 494. The van der Waals surface area contributed by atoms with Crippen LogP contribution < -0.4 is 11.1 Å². The maximum absolute atomic E-state index is 11.6. The molecule has 2 heterocycles. The highest BCUT2D eigenvalue weighted by Gasteiger charge is 2.28. The molecule has 3 N–H and O–H groups in total. The zero-order valence-electron chi connectivity index (χ0n) is 10.3. The number of urea groups is 1. The lowest BCUT2D eigenvalue weighted by Gasteiger charge is -2.23. The molecule has 0 spiro atoms. The van der Waals surface area contributed by atoms with Gasteiger partial charge in [0, 0.05) is 22.9 Å². The van der Waals surface area contributed by atoms with E-state index in [0.717, 1.165) is 29.4 Å². The third-order valence-corrected chi connectivity index (χ3v) is 3.52. The normalized spacial score (nSPS) is 19.3. The summed E-state index contributed by atoms with van der Waals surface area (Å²) < 4.78 is 0.915. The van der Waals surface area contributed by atoms with Gasteiger partial charge in [-0.1, -0.05) is 0 Å². The molecule has 0 saturated carbocycles. The predicted octanol–water partition coefficient (Wildman–Crippen LogP) is 1.18. The van der Waals surface area contributed by atoms with E-state index in [1.165, 1.54) is 0 Å². The second kappa shape index (κ2) is 6.12.